The van der Waals surface area contributed by atoms with E-state index in [0.717, 1.165) is 43.2 Å². The van der Waals surface area contributed by atoms with Gasteiger partial charge in [0.05, 0.1) is 11.4 Å². The number of hydrogen-bond donors (Lipinski definition) is 0. The highest BCUT2D eigenvalue weighted by Crippen LogP contribution is 2.25. The van der Waals surface area contributed by atoms with Crippen LogP contribution in [0.25, 0.3) is 0 Å². The summed E-state index contributed by atoms with van der Waals surface area (Å²) < 4.78 is 0. The highest BCUT2D eigenvalue weighted by molar-refractivity contribution is 8.15. The molecule has 0 atom stereocenters. The molecule has 5 nitrogen and oxygen atoms in total. The van der Waals surface area contributed by atoms with Crippen LogP contribution < -0.4 is 0 Å². The third kappa shape index (κ3) is 4.28. The molecule has 0 aromatic heterocycles. The Labute approximate surface area is 169 Å². The predicted molar refractivity (Wildman–Crippen MR) is 113 cm³/mol. The van der Waals surface area contributed by atoms with E-state index in [1.807, 2.05) is 47.4 Å². The third-order valence-electron chi connectivity index (χ3n) is 5.06. The number of benzene rings is 2. The average molecular weight is 394 g/mol. The van der Waals surface area contributed by atoms with Crippen LogP contribution >= 0.6 is 11.8 Å². The van der Waals surface area contributed by atoms with Crippen molar-refractivity contribution in [1.29, 1.82) is 0 Å². The molecular formula is C22H23N3O2S. The summed E-state index contributed by atoms with van der Waals surface area (Å²) in [6, 6.07) is 17.5. The molecule has 0 saturated carbocycles. The maximum atomic E-state index is 12.5. The van der Waals surface area contributed by atoms with Gasteiger partial charge in [0.15, 0.2) is 5.17 Å². The van der Waals surface area contributed by atoms with Crippen LogP contribution in [0, 0.1) is 0 Å². The number of amidine groups is 1. The first-order valence-corrected chi connectivity index (χ1v) is 10.6. The zero-order chi connectivity index (χ0) is 19.3. The van der Waals surface area contributed by atoms with Gasteiger partial charge in [-0.2, -0.15) is 0 Å². The Morgan fingerprint density at radius 1 is 1.00 bits per heavy atom. The van der Waals surface area contributed by atoms with Gasteiger partial charge in [-0.25, -0.2) is 4.99 Å². The number of hydrogen-bond acceptors (Lipinski definition) is 4. The third-order valence-corrected chi connectivity index (χ3v) is 6.02. The quantitative estimate of drug-likeness (QED) is 0.778. The summed E-state index contributed by atoms with van der Waals surface area (Å²) in [6.07, 6.45) is 2.97. The molecule has 2 saturated heterocycles. The average Bonchev–Trinajstić information content (AvgIpc) is 3.38. The van der Waals surface area contributed by atoms with Gasteiger partial charge < -0.3 is 4.90 Å². The largest absolute Gasteiger partial charge is 0.339 e. The maximum Gasteiger partial charge on any atom is 0.253 e. The van der Waals surface area contributed by atoms with Gasteiger partial charge >= 0.3 is 0 Å². The molecule has 6 heteroatoms. The van der Waals surface area contributed by atoms with E-state index in [-0.39, 0.29) is 11.8 Å². The van der Waals surface area contributed by atoms with Crippen molar-refractivity contribution in [2.75, 3.05) is 25.4 Å². The summed E-state index contributed by atoms with van der Waals surface area (Å²) in [5.74, 6) is 0.617. The van der Waals surface area contributed by atoms with Crippen molar-refractivity contribution >= 4 is 34.4 Å². The van der Waals surface area contributed by atoms with E-state index in [1.54, 1.807) is 4.90 Å². The van der Waals surface area contributed by atoms with Crippen LogP contribution in [0.1, 0.15) is 28.8 Å². The summed E-state index contributed by atoms with van der Waals surface area (Å²) in [5.41, 5.74) is 2.66. The van der Waals surface area contributed by atoms with E-state index in [1.165, 1.54) is 17.3 Å². The molecule has 0 N–H and O–H groups in total. The lowest BCUT2D eigenvalue weighted by Gasteiger charge is -2.16. The van der Waals surface area contributed by atoms with Crippen LogP contribution in [0.4, 0.5) is 5.69 Å². The van der Waals surface area contributed by atoms with Crippen LogP contribution in [0.15, 0.2) is 59.6 Å². The molecule has 0 unspecified atom stereocenters. The van der Waals surface area contributed by atoms with Crippen molar-refractivity contribution in [2.24, 2.45) is 4.99 Å². The number of carbonyl (C=O) groups excluding carboxylic acids is 2. The minimum atomic E-state index is 0.0895. The zero-order valence-corrected chi connectivity index (χ0v) is 16.5. The molecule has 0 bridgehead atoms. The molecule has 2 aliphatic heterocycles. The Balaban J connectivity index is 1.44. The van der Waals surface area contributed by atoms with Crippen molar-refractivity contribution in [3.8, 4) is 0 Å². The van der Waals surface area contributed by atoms with E-state index >= 15 is 0 Å². The molecule has 0 radical (unpaired) electrons. The van der Waals surface area contributed by atoms with Gasteiger partial charge in [0.25, 0.3) is 5.91 Å². The number of rotatable bonds is 5. The number of amides is 2. The van der Waals surface area contributed by atoms with Gasteiger partial charge in [0.2, 0.25) is 5.91 Å². The second-order valence-electron chi connectivity index (χ2n) is 7.01. The lowest BCUT2D eigenvalue weighted by atomic mass is 10.1. The van der Waals surface area contributed by atoms with Crippen LogP contribution in [0.2, 0.25) is 0 Å². The SMILES string of the molecule is O=C(c1ccc(N=C2SCC(=O)N2CCc2ccccc2)cc1)N1CCCC1. The fourth-order valence-corrected chi connectivity index (χ4v) is 4.41. The fourth-order valence-electron chi connectivity index (χ4n) is 3.48. The number of thioether (sulfide) groups is 1. The number of likely N-dealkylation sites (tertiary alicyclic amines) is 1. The van der Waals surface area contributed by atoms with E-state index in [9.17, 15) is 9.59 Å². The highest BCUT2D eigenvalue weighted by atomic mass is 32.2. The normalized spacial score (nSPS) is 18.3. The Kier molecular flexibility index (Phi) is 5.76. The van der Waals surface area contributed by atoms with Gasteiger partial charge in [-0.3, -0.25) is 14.5 Å². The number of nitrogens with zero attached hydrogens (tertiary/aromatic N) is 3. The molecular weight excluding hydrogens is 370 g/mol. The van der Waals surface area contributed by atoms with Gasteiger partial charge in [0, 0.05) is 25.2 Å². The Bertz CT molecular complexity index is 874. The van der Waals surface area contributed by atoms with Crippen molar-refractivity contribution in [2.45, 2.75) is 19.3 Å². The fraction of sp³-hybridized carbons (Fsp3) is 0.318. The predicted octanol–water partition coefficient (Wildman–Crippen LogP) is 3.73. The first kappa shape index (κ1) is 18.7. The van der Waals surface area contributed by atoms with Crippen molar-refractivity contribution in [1.82, 2.24) is 9.80 Å². The van der Waals surface area contributed by atoms with Crippen molar-refractivity contribution in [3.05, 3.63) is 65.7 Å². The smallest absolute Gasteiger partial charge is 0.253 e. The van der Waals surface area contributed by atoms with Gasteiger partial charge in [-0.05, 0) is 49.1 Å². The summed E-state index contributed by atoms with van der Waals surface area (Å²) >= 11 is 1.47. The van der Waals surface area contributed by atoms with Gasteiger partial charge in [-0.15, -0.1) is 0 Å². The summed E-state index contributed by atoms with van der Waals surface area (Å²) in [6.45, 7) is 2.32. The Morgan fingerprint density at radius 2 is 1.71 bits per heavy atom. The van der Waals surface area contributed by atoms with Crippen molar-refractivity contribution < 1.29 is 9.59 Å². The molecule has 2 aromatic carbocycles. The molecule has 0 aliphatic carbocycles. The molecule has 144 valence electrons. The Hall–Kier alpha value is -2.60. The van der Waals surface area contributed by atoms with Gasteiger partial charge in [0.1, 0.15) is 0 Å². The minimum absolute atomic E-state index is 0.0895. The second kappa shape index (κ2) is 8.61. The molecule has 2 amide bonds. The molecule has 2 fully saturated rings. The highest BCUT2D eigenvalue weighted by Gasteiger charge is 2.28. The molecule has 2 aliphatic rings. The Morgan fingerprint density at radius 3 is 2.43 bits per heavy atom. The van der Waals surface area contributed by atoms with Crippen LogP contribution in [0.3, 0.4) is 0 Å². The van der Waals surface area contributed by atoms with Crippen LogP contribution in [-0.4, -0.2) is 52.2 Å². The number of aliphatic imine (C=N–C) groups is 1. The van der Waals surface area contributed by atoms with E-state index in [2.05, 4.69) is 17.1 Å². The van der Waals surface area contributed by atoms with E-state index < -0.39 is 0 Å². The monoisotopic (exact) mass is 393 g/mol. The van der Waals surface area contributed by atoms with E-state index in [0.29, 0.717) is 17.9 Å². The molecule has 2 heterocycles. The molecule has 28 heavy (non-hydrogen) atoms. The summed E-state index contributed by atoms with van der Waals surface area (Å²) in [5, 5.41) is 0.736. The van der Waals surface area contributed by atoms with Crippen LogP contribution in [-0.2, 0) is 11.2 Å². The second-order valence-corrected chi connectivity index (χ2v) is 7.95. The summed E-state index contributed by atoms with van der Waals surface area (Å²) in [7, 11) is 0. The van der Waals surface area contributed by atoms with Crippen LogP contribution in [0.5, 0.6) is 0 Å². The maximum absolute atomic E-state index is 12.5. The standard InChI is InChI=1S/C22H23N3O2S/c26-20-16-28-22(25(20)15-12-17-6-2-1-3-7-17)23-19-10-8-18(9-11-19)21(27)24-13-4-5-14-24/h1-3,6-11H,4-5,12-16H2. The number of carbonyl (C=O) groups is 2. The lowest BCUT2D eigenvalue weighted by Crippen LogP contribution is -2.31. The first-order chi connectivity index (χ1) is 13.7. The first-order valence-electron chi connectivity index (χ1n) is 9.66. The van der Waals surface area contributed by atoms with E-state index in [4.69, 9.17) is 0 Å². The molecule has 0 spiro atoms. The zero-order valence-electron chi connectivity index (χ0n) is 15.7. The van der Waals surface area contributed by atoms with Crippen molar-refractivity contribution in [3.63, 3.8) is 0 Å². The summed E-state index contributed by atoms with van der Waals surface area (Å²) in [4.78, 5) is 33.0. The minimum Gasteiger partial charge on any atom is -0.339 e. The van der Waals surface area contributed by atoms with Gasteiger partial charge in [-0.1, -0.05) is 42.1 Å². The molecule has 2 aromatic rings. The lowest BCUT2D eigenvalue weighted by molar-refractivity contribution is -0.124. The topological polar surface area (TPSA) is 53.0 Å². The molecule has 4 rings (SSSR count).